The van der Waals surface area contributed by atoms with Crippen LogP contribution in [0.5, 0.6) is 0 Å². The van der Waals surface area contributed by atoms with Gasteiger partial charge in [0.15, 0.2) is 5.69 Å². The van der Waals surface area contributed by atoms with Gasteiger partial charge in [0.05, 0.1) is 18.8 Å². The van der Waals surface area contributed by atoms with Crippen LogP contribution in [0.25, 0.3) is 17.2 Å². The number of hydrogen-bond acceptors (Lipinski definition) is 10. The lowest BCUT2D eigenvalue weighted by Crippen LogP contribution is -2.43. The maximum Gasteiger partial charge on any atom is 0.316 e. The molecule has 10 nitrogen and oxygen atoms in total. The van der Waals surface area contributed by atoms with Gasteiger partial charge in [0.25, 0.3) is 11.8 Å². The van der Waals surface area contributed by atoms with E-state index in [1.807, 2.05) is 60.7 Å². The first-order valence-corrected chi connectivity index (χ1v) is 14.3. The van der Waals surface area contributed by atoms with Gasteiger partial charge in [-0.05, 0) is 42.5 Å². The molecule has 2 fully saturated rings. The molecule has 0 bridgehead atoms. The smallest absolute Gasteiger partial charge is 0.316 e. The van der Waals surface area contributed by atoms with Gasteiger partial charge in [0.1, 0.15) is 16.1 Å². The highest BCUT2D eigenvalue weighted by Gasteiger charge is 2.39. The van der Waals surface area contributed by atoms with Gasteiger partial charge in [-0.25, -0.2) is 4.98 Å². The third kappa shape index (κ3) is 4.55. The molecule has 7 rings (SSSR count). The molecule has 1 amide bonds. The van der Waals surface area contributed by atoms with Crippen LogP contribution in [0.4, 0.5) is 16.7 Å². The number of carbonyl (C=O) groups is 1. The molecular formula is C29H29N7O3S. The average molecular weight is 556 g/mol. The number of hydrogen-bond donors (Lipinski definition) is 3. The number of carbonyl (C=O) groups excluding carboxylic acids is 1. The molecule has 11 heteroatoms. The molecule has 1 saturated heterocycles. The Morgan fingerprint density at radius 3 is 2.60 bits per heavy atom. The number of aromatic nitrogens is 3. The topological polar surface area (TPSA) is 131 Å². The Bertz CT molecular complexity index is 1570. The second-order valence-electron chi connectivity index (χ2n) is 10.3. The fraction of sp³-hybridized carbons (Fsp3) is 0.310. The molecule has 2 aromatic carbocycles. The summed E-state index contributed by atoms with van der Waals surface area (Å²) >= 11 is 1.60. The SMILES string of the molecule is NC1(c2nc(-c3nnc(N[C@H]4C=C(c5ccccc5)c5ccccc5NC4=O)o3)c(N3CCOCC3)s2)CCC1. The molecule has 4 N–H and O–H groups in total. The maximum atomic E-state index is 13.3. The van der Waals surface area contributed by atoms with E-state index < -0.39 is 11.6 Å². The summed E-state index contributed by atoms with van der Waals surface area (Å²) in [6.45, 7) is 2.79. The van der Waals surface area contributed by atoms with Crippen molar-refractivity contribution < 1.29 is 13.9 Å². The van der Waals surface area contributed by atoms with Crippen LogP contribution in [0.3, 0.4) is 0 Å². The van der Waals surface area contributed by atoms with Gasteiger partial charge in [0.2, 0.25) is 0 Å². The Balaban J connectivity index is 1.21. The molecule has 3 aliphatic rings. The first kappa shape index (κ1) is 24.9. The van der Waals surface area contributed by atoms with E-state index in [0.717, 1.165) is 64.7 Å². The molecule has 1 aliphatic carbocycles. The van der Waals surface area contributed by atoms with E-state index in [9.17, 15) is 4.79 Å². The zero-order valence-electron chi connectivity index (χ0n) is 21.8. The Morgan fingerprint density at radius 2 is 1.82 bits per heavy atom. The fourth-order valence-corrected chi connectivity index (χ4v) is 6.54. The lowest BCUT2D eigenvalue weighted by atomic mass is 9.78. The van der Waals surface area contributed by atoms with Crippen molar-refractivity contribution in [3.63, 3.8) is 0 Å². The standard InChI is InChI=1S/C29H29N7O3S/c30-29(11-6-12-29)27-33-23(26(40-27)36-13-15-38-16-14-36)25-34-35-28(39-25)32-22-17-20(18-7-2-1-3-8-18)19-9-4-5-10-21(19)31-24(22)37/h1-5,7-10,17,22H,6,11-16,30H2,(H,31,37)(H,32,35)/t22-/m0/s1. The molecule has 0 unspecified atom stereocenters. The van der Waals surface area contributed by atoms with Crippen molar-refractivity contribution in [2.24, 2.45) is 5.73 Å². The van der Waals surface area contributed by atoms with Crippen LogP contribution in [0, 0.1) is 0 Å². The maximum absolute atomic E-state index is 13.3. The molecular weight excluding hydrogens is 526 g/mol. The van der Waals surface area contributed by atoms with E-state index >= 15 is 0 Å². The number of anilines is 3. The van der Waals surface area contributed by atoms with Crippen molar-refractivity contribution in [2.45, 2.75) is 30.8 Å². The summed E-state index contributed by atoms with van der Waals surface area (Å²) in [5.74, 6) is 0.0668. The summed E-state index contributed by atoms with van der Waals surface area (Å²) in [6.07, 6.45) is 4.82. The number of thiazole rings is 1. The number of nitrogens with two attached hydrogens (primary N) is 1. The van der Waals surface area contributed by atoms with E-state index in [0.29, 0.717) is 24.8 Å². The van der Waals surface area contributed by atoms with Gasteiger partial charge in [-0.3, -0.25) is 4.79 Å². The minimum Gasteiger partial charge on any atom is -0.402 e. The van der Waals surface area contributed by atoms with Crippen LogP contribution >= 0.6 is 11.3 Å². The lowest BCUT2D eigenvalue weighted by Gasteiger charge is -2.36. The number of nitrogens with zero attached hydrogens (tertiary/aromatic N) is 4. The van der Waals surface area contributed by atoms with Crippen molar-refractivity contribution in [2.75, 3.05) is 41.8 Å². The largest absolute Gasteiger partial charge is 0.402 e. The number of benzene rings is 2. The number of ether oxygens (including phenoxy) is 1. The number of fused-ring (bicyclic) bond motifs is 1. The Hall–Kier alpha value is -4.06. The van der Waals surface area contributed by atoms with Gasteiger partial charge in [-0.15, -0.1) is 5.10 Å². The highest BCUT2D eigenvalue weighted by Crippen LogP contribution is 2.46. The summed E-state index contributed by atoms with van der Waals surface area (Å²) in [4.78, 5) is 20.5. The van der Waals surface area contributed by atoms with Crippen molar-refractivity contribution in [1.29, 1.82) is 0 Å². The number of amides is 1. The summed E-state index contributed by atoms with van der Waals surface area (Å²) in [5, 5.41) is 16.6. The number of para-hydroxylation sites is 1. The Morgan fingerprint density at radius 1 is 1.05 bits per heavy atom. The number of nitrogens with one attached hydrogen (secondary N) is 2. The average Bonchev–Trinajstić information content (AvgIpc) is 3.60. The van der Waals surface area contributed by atoms with Crippen LogP contribution < -0.4 is 21.3 Å². The first-order chi connectivity index (χ1) is 19.6. The van der Waals surface area contributed by atoms with Crippen molar-refractivity contribution in [1.82, 2.24) is 15.2 Å². The normalized spacial score (nSPS) is 20.1. The van der Waals surface area contributed by atoms with Crippen LogP contribution in [0.15, 0.2) is 65.1 Å². The van der Waals surface area contributed by atoms with Gasteiger partial charge in [-0.1, -0.05) is 65.0 Å². The van der Waals surface area contributed by atoms with E-state index in [-0.39, 0.29) is 11.9 Å². The Labute approximate surface area is 235 Å². The summed E-state index contributed by atoms with van der Waals surface area (Å²) in [6, 6.07) is 17.1. The molecule has 0 radical (unpaired) electrons. The summed E-state index contributed by atoms with van der Waals surface area (Å²) in [7, 11) is 0. The monoisotopic (exact) mass is 555 g/mol. The Kier molecular flexibility index (Phi) is 6.34. The highest BCUT2D eigenvalue weighted by atomic mass is 32.1. The molecule has 0 spiro atoms. The third-order valence-corrected chi connectivity index (χ3v) is 9.00. The van der Waals surface area contributed by atoms with Crippen molar-refractivity contribution >= 4 is 39.5 Å². The van der Waals surface area contributed by atoms with Crippen LogP contribution in [0.1, 0.15) is 35.4 Å². The second-order valence-corrected chi connectivity index (χ2v) is 11.3. The minimum atomic E-state index is -0.747. The molecule has 4 heterocycles. The first-order valence-electron chi connectivity index (χ1n) is 13.5. The van der Waals surface area contributed by atoms with Crippen LogP contribution in [0.2, 0.25) is 0 Å². The molecule has 1 atom stereocenters. The van der Waals surface area contributed by atoms with Gasteiger partial charge in [0, 0.05) is 24.3 Å². The summed E-state index contributed by atoms with van der Waals surface area (Å²) < 4.78 is 11.7. The van der Waals surface area contributed by atoms with Crippen molar-refractivity contribution in [3.05, 3.63) is 76.8 Å². The molecule has 204 valence electrons. The molecule has 2 aromatic heterocycles. The second kappa shape index (κ2) is 10.2. The lowest BCUT2D eigenvalue weighted by molar-refractivity contribution is -0.116. The van der Waals surface area contributed by atoms with E-state index in [1.165, 1.54) is 0 Å². The quantitative estimate of drug-likeness (QED) is 0.320. The minimum absolute atomic E-state index is 0.137. The number of rotatable bonds is 6. The predicted molar refractivity (Wildman–Crippen MR) is 154 cm³/mol. The predicted octanol–water partition coefficient (Wildman–Crippen LogP) is 4.23. The zero-order valence-corrected chi connectivity index (χ0v) is 22.6. The van der Waals surface area contributed by atoms with Gasteiger partial charge >= 0.3 is 6.01 Å². The molecule has 2 aliphatic heterocycles. The molecule has 1 saturated carbocycles. The van der Waals surface area contributed by atoms with E-state index in [1.54, 1.807) is 11.3 Å². The molecule has 40 heavy (non-hydrogen) atoms. The van der Waals surface area contributed by atoms with Crippen molar-refractivity contribution in [3.8, 4) is 11.6 Å². The summed E-state index contributed by atoms with van der Waals surface area (Å²) in [5.41, 5.74) is 10.5. The van der Waals surface area contributed by atoms with Crippen LogP contribution in [-0.4, -0.2) is 53.4 Å². The zero-order chi connectivity index (χ0) is 27.1. The van der Waals surface area contributed by atoms with Gasteiger partial charge in [-0.2, -0.15) is 0 Å². The number of morpholine rings is 1. The molecule has 4 aromatic rings. The fourth-order valence-electron chi connectivity index (χ4n) is 5.27. The third-order valence-electron chi connectivity index (χ3n) is 7.66. The van der Waals surface area contributed by atoms with Crippen LogP contribution in [-0.2, 0) is 15.1 Å². The van der Waals surface area contributed by atoms with E-state index in [4.69, 9.17) is 19.9 Å². The highest BCUT2D eigenvalue weighted by molar-refractivity contribution is 7.16. The van der Waals surface area contributed by atoms with Gasteiger partial charge < -0.3 is 30.4 Å². The van der Waals surface area contributed by atoms with E-state index in [2.05, 4.69) is 25.7 Å².